The highest BCUT2D eigenvalue weighted by Gasteiger charge is 2.21. The number of nitrogens with one attached hydrogen (secondary N) is 1. The van der Waals surface area contributed by atoms with E-state index in [2.05, 4.69) is 20.1 Å². The predicted molar refractivity (Wildman–Crippen MR) is 92.2 cm³/mol. The van der Waals surface area contributed by atoms with Crippen molar-refractivity contribution in [2.45, 2.75) is 50.1 Å². The maximum absolute atomic E-state index is 12.4. The number of rotatable bonds is 4. The number of aryl methyl sites for hydroxylation is 1. The van der Waals surface area contributed by atoms with Gasteiger partial charge in [0.25, 0.3) is 5.91 Å². The summed E-state index contributed by atoms with van der Waals surface area (Å²) in [6, 6.07) is 6.63. The molecule has 0 unspecified atom stereocenters. The number of amides is 1. The van der Waals surface area contributed by atoms with Gasteiger partial charge in [-0.1, -0.05) is 6.42 Å². The van der Waals surface area contributed by atoms with Crippen LogP contribution in [-0.4, -0.2) is 31.1 Å². The maximum Gasteiger partial charge on any atom is 0.251 e. The van der Waals surface area contributed by atoms with Crippen LogP contribution in [0.5, 0.6) is 0 Å². The molecule has 2 atom stereocenters. The van der Waals surface area contributed by atoms with Gasteiger partial charge in [-0.2, -0.15) is 0 Å². The molecule has 24 heavy (non-hydrogen) atoms. The quantitative estimate of drug-likeness (QED) is 0.921. The minimum Gasteiger partial charge on any atom is -0.342 e. The van der Waals surface area contributed by atoms with E-state index in [4.69, 9.17) is 0 Å². The van der Waals surface area contributed by atoms with Gasteiger partial charge in [-0.15, -0.1) is 10.2 Å². The van der Waals surface area contributed by atoms with Crippen molar-refractivity contribution in [2.75, 3.05) is 6.26 Å². The second kappa shape index (κ2) is 7.25. The van der Waals surface area contributed by atoms with E-state index in [1.54, 1.807) is 30.5 Å². The Bertz CT molecular complexity index is 754. The van der Waals surface area contributed by atoms with Crippen molar-refractivity contribution in [3.05, 3.63) is 41.5 Å². The van der Waals surface area contributed by atoms with Crippen molar-refractivity contribution < 1.29 is 9.00 Å². The fraction of sp³-hybridized carbons (Fsp3) is 0.471. The number of fused-ring (bicyclic) bond motifs is 1. The van der Waals surface area contributed by atoms with Gasteiger partial charge in [0.05, 0.1) is 6.04 Å². The summed E-state index contributed by atoms with van der Waals surface area (Å²) in [6.07, 6.45) is 6.03. The average Bonchev–Trinajstić information content (AvgIpc) is 2.84. The van der Waals surface area contributed by atoms with Crippen molar-refractivity contribution in [2.24, 2.45) is 0 Å². The van der Waals surface area contributed by atoms with Crippen LogP contribution >= 0.6 is 0 Å². The molecule has 0 fully saturated rings. The van der Waals surface area contributed by atoms with Crippen molar-refractivity contribution in [3.8, 4) is 0 Å². The lowest BCUT2D eigenvalue weighted by Crippen LogP contribution is -2.29. The minimum absolute atomic E-state index is 0.165. The number of carbonyl (C=O) groups excluding carboxylic acids is 1. The normalized spacial score (nSPS) is 16.8. The van der Waals surface area contributed by atoms with Crippen molar-refractivity contribution in [1.29, 1.82) is 0 Å². The van der Waals surface area contributed by atoms with Gasteiger partial charge >= 0.3 is 0 Å². The number of aromatic nitrogens is 3. The Hall–Kier alpha value is -2.02. The van der Waals surface area contributed by atoms with Crippen molar-refractivity contribution in [3.63, 3.8) is 0 Å². The van der Waals surface area contributed by atoms with Crippen LogP contribution in [0.3, 0.4) is 0 Å². The summed E-state index contributed by atoms with van der Waals surface area (Å²) in [5.41, 5.74) is 0.548. The molecule has 0 spiro atoms. The smallest absolute Gasteiger partial charge is 0.251 e. The van der Waals surface area contributed by atoms with Gasteiger partial charge in [-0.25, -0.2) is 0 Å². The Labute approximate surface area is 144 Å². The van der Waals surface area contributed by atoms with Crippen molar-refractivity contribution in [1.82, 2.24) is 20.1 Å². The summed E-state index contributed by atoms with van der Waals surface area (Å²) >= 11 is 0. The van der Waals surface area contributed by atoms with Crippen LogP contribution < -0.4 is 5.32 Å². The summed E-state index contributed by atoms with van der Waals surface area (Å²) in [4.78, 5) is 13.1. The Morgan fingerprint density at radius 1 is 1.21 bits per heavy atom. The molecule has 0 bridgehead atoms. The monoisotopic (exact) mass is 346 g/mol. The molecule has 2 heterocycles. The standard InChI is InChI=1S/C17H22N4O2S/c1-12(16-20-19-15-6-4-3-5-11-21(15)16)18-17(22)13-7-9-14(10-8-13)24(2)23/h7-10,12H,3-6,11H2,1-2H3,(H,18,22)/t12-,24-/m0/s1. The molecule has 1 aliphatic heterocycles. The largest absolute Gasteiger partial charge is 0.342 e. The third-order valence-corrected chi connectivity index (χ3v) is 5.26. The van der Waals surface area contributed by atoms with Crippen LogP contribution in [0, 0.1) is 0 Å². The SMILES string of the molecule is C[C@H](NC(=O)c1ccc([S@](C)=O)cc1)c1nnc2n1CCCCC2. The van der Waals surface area contributed by atoms with Gasteiger partial charge in [0.2, 0.25) is 0 Å². The number of hydrogen-bond donors (Lipinski definition) is 1. The lowest BCUT2D eigenvalue weighted by atomic mass is 10.2. The molecule has 0 saturated carbocycles. The lowest BCUT2D eigenvalue weighted by molar-refractivity contribution is 0.0937. The number of nitrogens with zero attached hydrogens (tertiary/aromatic N) is 3. The molecule has 1 aliphatic rings. The first kappa shape index (κ1) is 16.8. The first-order valence-corrected chi connectivity index (χ1v) is 9.78. The molecule has 1 aromatic heterocycles. The molecule has 6 nitrogen and oxygen atoms in total. The van der Waals surface area contributed by atoms with Crippen LogP contribution in [0.1, 0.15) is 54.2 Å². The van der Waals surface area contributed by atoms with Crippen LogP contribution in [0.2, 0.25) is 0 Å². The second-order valence-electron chi connectivity index (χ2n) is 6.11. The molecular formula is C17H22N4O2S. The second-order valence-corrected chi connectivity index (χ2v) is 7.49. The molecule has 1 aromatic carbocycles. The van der Waals surface area contributed by atoms with Gasteiger partial charge in [-0.3, -0.25) is 9.00 Å². The van der Waals surface area contributed by atoms with E-state index in [1.165, 1.54) is 6.42 Å². The topological polar surface area (TPSA) is 76.9 Å². The Balaban J connectivity index is 1.72. The van der Waals surface area contributed by atoms with E-state index in [-0.39, 0.29) is 11.9 Å². The first-order chi connectivity index (χ1) is 11.6. The summed E-state index contributed by atoms with van der Waals surface area (Å²) in [6.45, 7) is 2.84. The zero-order chi connectivity index (χ0) is 17.1. The number of carbonyl (C=O) groups is 1. The average molecular weight is 346 g/mol. The van der Waals surface area contributed by atoms with E-state index in [0.29, 0.717) is 10.5 Å². The summed E-state index contributed by atoms with van der Waals surface area (Å²) in [5, 5.41) is 11.5. The summed E-state index contributed by atoms with van der Waals surface area (Å²) in [5.74, 6) is 1.66. The predicted octanol–water partition coefficient (Wildman–Crippen LogP) is 2.23. The van der Waals surface area contributed by atoms with Crippen LogP contribution in [0.25, 0.3) is 0 Å². The molecule has 2 aromatic rings. The van der Waals surface area contributed by atoms with E-state index in [1.807, 2.05) is 6.92 Å². The highest BCUT2D eigenvalue weighted by molar-refractivity contribution is 7.84. The molecule has 7 heteroatoms. The Morgan fingerprint density at radius 2 is 1.96 bits per heavy atom. The molecule has 0 saturated heterocycles. The number of benzene rings is 1. The highest BCUT2D eigenvalue weighted by Crippen LogP contribution is 2.19. The maximum atomic E-state index is 12.4. The molecule has 0 radical (unpaired) electrons. The zero-order valence-electron chi connectivity index (χ0n) is 14.0. The van der Waals surface area contributed by atoms with E-state index < -0.39 is 10.8 Å². The fourth-order valence-electron chi connectivity index (χ4n) is 2.97. The van der Waals surface area contributed by atoms with Crippen LogP contribution in [0.15, 0.2) is 29.2 Å². The Morgan fingerprint density at radius 3 is 2.67 bits per heavy atom. The van der Waals surface area contributed by atoms with Crippen LogP contribution in [-0.2, 0) is 23.8 Å². The fourth-order valence-corrected chi connectivity index (χ4v) is 3.49. The Kier molecular flexibility index (Phi) is 5.08. The van der Waals surface area contributed by atoms with E-state index in [9.17, 15) is 9.00 Å². The first-order valence-electron chi connectivity index (χ1n) is 8.22. The van der Waals surface area contributed by atoms with Gasteiger partial charge < -0.3 is 9.88 Å². The molecule has 3 rings (SSSR count). The third-order valence-electron chi connectivity index (χ3n) is 4.32. The summed E-state index contributed by atoms with van der Waals surface area (Å²) < 4.78 is 13.6. The number of hydrogen-bond acceptors (Lipinski definition) is 4. The third kappa shape index (κ3) is 3.56. The molecule has 1 amide bonds. The van der Waals surface area contributed by atoms with E-state index >= 15 is 0 Å². The highest BCUT2D eigenvalue weighted by atomic mass is 32.2. The van der Waals surface area contributed by atoms with Gasteiger partial charge in [0.15, 0.2) is 5.82 Å². The minimum atomic E-state index is -1.04. The van der Waals surface area contributed by atoms with Crippen molar-refractivity contribution >= 4 is 16.7 Å². The van der Waals surface area contributed by atoms with Crippen LogP contribution in [0.4, 0.5) is 0 Å². The van der Waals surface area contributed by atoms with Gasteiger partial charge in [0.1, 0.15) is 5.82 Å². The van der Waals surface area contributed by atoms with E-state index in [0.717, 1.165) is 37.5 Å². The van der Waals surface area contributed by atoms with Gasteiger partial charge in [-0.05, 0) is 44.0 Å². The molecule has 128 valence electrons. The zero-order valence-corrected chi connectivity index (χ0v) is 14.8. The summed E-state index contributed by atoms with van der Waals surface area (Å²) in [7, 11) is -1.04. The van der Waals surface area contributed by atoms with Gasteiger partial charge in [0, 0.05) is 40.5 Å². The molecule has 1 N–H and O–H groups in total. The molecular weight excluding hydrogens is 324 g/mol. The molecule has 0 aliphatic carbocycles. The lowest BCUT2D eigenvalue weighted by Gasteiger charge is -2.15.